The predicted molar refractivity (Wildman–Crippen MR) is 245 cm³/mol. The number of ether oxygens (including phenoxy) is 2. The first kappa shape index (κ1) is 38.8. The number of hydrogen-bond donors (Lipinski definition) is 4. The van der Waals surface area contributed by atoms with Gasteiger partial charge in [0.05, 0.1) is 47.6 Å². The van der Waals surface area contributed by atoms with Gasteiger partial charge in [0.25, 0.3) is 0 Å². The third-order valence-electron chi connectivity index (χ3n) is 11.3. The molecule has 6 aromatic heterocycles. The second-order valence-corrected chi connectivity index (χ2v) is 15.9. The Morgan fingerprint density at radius 3 is 1.41 bits per heavy atom. The number of benzene rings is 4. The van der Waals surface area contributed by atoms with E-state index in [-0.39, 0.29) is 13.2 Å². The number of imidazole rings is 2. The molecule has 0 aliphatic carbocycles. The minimum absolute atomic E-state index is 0.273. The number of furan rings is 2. The molecule has 0 spiro atoms. The summed E-state index contributed by atoms with van der Waals surface area (Å²) in [4.78, 5) is 25.2. The van der Waals surface area contributed by atoms with Gasteiger partial charge in [-0.3, -0.25) is 9.98 Å². The fourth-order valence-electron chi connectivity index (χ4n) is 8.00. The van der Waals surface area contributed by atoms with E-state index in [4.69, 9.17) is 28.3 Å². The Morgan fingerprint density at radius 2 is 0.970 bits per heavy atom. The molecular weight excluding hydrogens is 837 g/mol. The van der Waals surface area contributed by atoms with Crippen LogP contribution in [0, 0.1) is 0 Å². The summed E-state index contributed by atoms with van der Waals surface area (Å²) in [6.45, 7) is 4.68. The summed E-state index contributed by atoms with van der Waals surface area (Å²) < 4.78 is 27.8. The third kappa shape index (κ3) is 8.13. The van der Waals surface area contributed by atoms with Gasteiger partial charge >= 0.3 is 0 Å². The number of aliphatic imine (C=N–C) groups is 2. The maximum Gasteiger partial charge on any atom is 0.174 e. The molecule has 18 heteroatoms. The van der Waals surface area contributed by atoms with Gasteiger partial charge in [-0.05, 0) is 96.1 Å². The lowest BCUT2D eigenvalue weighted by molar-refractivity contribution is 0.301. The van der Waals surface area contributed by atoms with Crippen molar-refractivity contribution in [1.82, 2.24) is 60.6 Å². The average Bonchev–Trinajstić information content (AvgIpc) is 4.20. The molecule has 0 atom stereocenters. The second kappa shape index (κ2) is 16.7. The van der Waals surface area contributed by atoms with E-state index >= 15 is 0 Å². The van der Waals surface area contributed by atoms with Crippen LogP contribution in [0.4, 0.5) is 0 Å². The molecule has 0 saturated carbocycles. The van der Waals surface area contributed by atoms with Gasteiger partial charge in [0, 0.05) is 24.2 Å². The van der Waals surface area contributed by atoms with Crippen LogP contribution in [-0.4, -0.2) is 87.8 Å². The van der Waals surface area contributed by atoms with Gasteiger partial charge in [0.1, 0.15) is 72.4 Å². The van der Waals surface area contributed by atoms with E-state index < -0.39 is 0 Å². The Hall–Kier alpha value is -8.80. The van der Waals surface area contributed by atoms with Gasteiger partial charge in [-0.1, -0.05) is 34.7 Å². The topological polar surface area (TPSA) is 212 Å². The maximum absolute atomic E-state index is 6.13. The van der Waals surface area contributed by atoms with Crippen LogP contribution in [0.2, 0.25) is 0 Å². The highest BCUT2D eigenvalue weighted by Crippen LogP contribution is 2.28. The summed E-state index contributed by atoms with van der Waals surface area (Å²) in [5.74, 6) is 7.35. The van der Waals surface area contributed by atoms with E-state index in [1.807, 2.05) is 109 Å². The molecule has 8 heterocycles. The van der Waals surface area contributed by atoms with E-state index in [1.54, 1.807) is 9.36 Å². The standard InChI is InChI=1S/C48H40N14O4/c1-7-35(63-27-33-23-61(59-57-33)25-37-11-15-43(65-37)47-53-39-13-5-31(21-41(39)55-47)45-49-17-18-50-45)8-2-29(1)30-3-9-36(10-4-30)64-28-34-24-62(60-58-34)26-38-12-16-44(66-38)48-54-40-14-6-32(22-42(40)56-48)46-51-19-20-52-46/h1-16,21-24H,17-20,25-28H2,(H,49,50)(H,51,52)(H,53,55)(H,54,56). The first-order valence-electron chi connectivity index (χ1n) is 21.6. The van der Waals surface area contributed by atoms with Crippen molar-refractivity contribution in [2.24, 2.45) is 9.98 Å². The molecule has 18 nitrogen and oxygen atoms in total. The minimum atomic E-state index is 0.273. The molecule has 0 fully saturated rings. The van der Waals surface area contributed by atoms with Gasteiger partial charge in [-0.15, -0.1) is 10.2 Å². The number of rotatable bonds is 15. The van der Waals surface area contributed by atoms with Crippen LogP contribution in [-0.2, 0) is 26.3 Å². The van der Waals surface area contributed by atoms with E-state index in [0.717, 1.165) is 105 Å². The highest BCUT2D eigenvalue weighted by Gasteiger charge is 2.16. The number of nitrogens with one attached hydrogen (secondary N) is 4. The molecule has 10 aromatic rings. The normalized spacial score (nSPS) is 13.6. The number of aromatic amines is 2. The summed E-state index contributed by atoms with van der Waals surface area (Å²) in [5, 5.41) is 23.8. The monoisotopic (exact) mass is 876 g/mol. The summed E-state index contributed by atoms with van der Waals surface area (Å²) in [6, 6.07) is 35.7. The maximum atomic E-state index is 6.13. The molecule has 0 saturated heterocycles. The minimum Gasteiger partial charge on any atom is -0.487 e. The fraction of sp³-hybridized carbons (Fsp3) is 0.167. The van der Waals surface area contributed by atoms with Crippen molar-refractivity contribution in [2.75, 3.05) is 26.2 Å². The molecular formula is C48H40N14O4. The molecule has 2 aliphatic rings. The molecule has 66 heavy (non-hydrogen) atoms. The third-order valence-corrected chi connectivity index (χ3v) is 11.3. The number of amidine groups is 2. The molecule has 4 aromatic carbocycles. The quantitative estimate of drug-likeness (QED) is 0.0841. The van der Waals surface area contributed by atoms with Gasteiger partial charge in [0.15, 0.2) is 23.2 Å². The number of hydrogen-bond acceptors (Lipinski definition) is 14. The van der Waals surface area contributed by atoms with Crippen LogP contribution < -0.4 is 20.1 Å². The Bertz CT molecular complexity index is 3180. The molecule has 0 unspecified atom stereocenters. The van der Waals surface area contributed by atoms with Crippen molar-refractivity contribution in [3.05, 3.63) is 156 Å². The van der Waals surface area contributed by atoms with Crippen LogP contribution in [0.1, 0.15) is 34.0 Å². The summed E-state index contributed by atoms with van der Waals surface area (Å²) >= 11 is 0. The van der Waals surface area contributed by atoms with Crippen molar-refractivity contribution in [2.45, 2.75) is 26.3 Å². The van der Waals surface area contributed by atoms with Gasteiger partial charge < -0.3 is 38.9 Å². The molecule has 2 aliphatic heterocycles. The zero-order valence-electron chi connectivity index (χ0n) is 35.3. The van der Waals surface area contributed by atoms with Crippen LogP contribution in [0.15, 0.2) is 140 Å². The molecule has 4 N–H and O–H groups in total. The van der Waals surface area contributed by atoms with E-state index in [2.05, 4.69) is 63.3 Å². The highest BCUT2D eigenvalue weighted by molar-refractivity contribution is 6.03. The van der Waals surface area contributed by atoms with Crippen molar-refractivity contribution in [3.8, 4) is 45.8 Å². The number of nitrogens with zero attached hydrogens (tertiary/aromatic N) is 10. The van der Waals surface area contributed by atoms with Crippen LogP contribution in [0.25, 0.3) is 56.4 Å². The number of fused-ring (bicyclic) bond motifs is 2. The largest absolute Gasteiger partial charge is 0.487 e. The van der Waals surface area contributed by atoms with Crippen LogP contribution in [0.5, 0.6) is 11.5 Å². The van der Waals surface area contributed by atoms with Gasteiger partial charge in [-0.25, -0.2) is 19.3 Å². The molecule has 326 valence electrons. The smallest absolute Gasteiger partial charge is 0.174 e. The van der Waals surface area contributed by atoms with E-state index in [1.165, 1.54) is 0 Å². The second-order valence-electron chi connectivity index (χ2n) is 15.9. The Morgan fingerprint density at radius 1 is 0.515 bits per heavy atom. The number of H-pyrrole nitrogens is 2. The zero-order valence-corrected chi connectivity index (χ0v) is 35.3. The lowest BCUT2D eigenvalue weighted by Gasteiger charge is -2.08. The van der Waals surface area contributed by atoms with Gasteiger partial charge in [-0.2, -0.15) is 0 Å². The molecule has 0 radical (unpaired) electrons. The summed E-state index contributed by atoms with van der Waals surface area (Å²) in [5.41, 5.74) is 9.13. The lowest BCUT2D eigenvalue weighted by Crippen LogP contribution is -2.19. The molecule has 0 amide bonds. The van der Waals surface area contributed by atoms with Crippen molar-refractivity contribution >= 4 is 33.7 Å². The van der Waals surface area contributed by atoms with Crippen molar-refractivity contribution in [1.29, 1.82) is 0 Å². The Balaban J connectivity index is 0.603. The van der Waals surface area contributed by atoms with Gasteiger partial charge in [0.2, 0.25) is 0 Å². The van der Waals surface area contributed by atoms with Crippen LogP contribution >= 0.6 is 0 Å². The summed E-state index contributed by atoms with van der Waals surface area (Å²) in [6.07, 6.45) is 3.71. The SMILES string of the molecule is c1cc(-c2ccc(OCc3cn(Cc4ccc(-c5nc6ccc(C7=NCCN7)cc6[nH]5)o4)nn3)cc2)ccc1OCc1cn(Cc2ccc(-c3nc4ccc(C5=NCCN5)cc4[nH]3)o2)nn1. The summed E-state index contributed by atoms with van der Waals surface area (Å²) in [7, 11) is 0. The fourth-order valence-corrected chi connectivity index (χ4v) is 8.00. The van der Waals surface area contributed by atoms with E-state index in [0.29, 0.717) is 47.6 Å². The first-order chi connectivity index (χ1) is 32.6. The average molecular weight is 877 g/mol. The molecule has 12 rings (SSSR count). The highest BCUT2D eigenvalue weighted by atomic mass is 16.5. The lowest BCUT2D eigenvalue weighted by atomic mass is 10.1. The molecule has 0 bridgehead atoms. The van der Waals surface area contributed by atoms with Crippen LogP contribution in [0.3, 0.4) is 0 Å². The number of aromatic nitrogens is 10. The van der Waals surface area contributed by atoms with Crippen molar-refractivity contribution in [3.63, 3.8) is 0 Å². The van der Waals surface area contributed by atoms with E-state index in [9.17, 15) is 0 Å². The Kier molecular flexibility index (Phi) is 9.84. The van der Waals surface area contributed by atoms with Crippen molar-refractivity contribution < 1.29 is 18.3 Å². The predicted octanol–water partition coefficient (Wildman–Crippen LogP) is 6.76. The first-order valence-corrected chi connectivity index (χ1v) is 21.6. The zero-order chi connectivity index (χ0) is 43.8. The Labute approximate surface area is 375 Å².